The van der Waals surface area contributed by atoms with Crippen LogP contribution in [0.2, 0.25) is 0 Å². The van der Waals surface area contributed by atoms with Gasteiger partial charge in [-0.05, 0) is 11.1 Å². The molecule has 72 valence electrons. The fraction of sp³-hybridized carbons (Fsp3) is 0.167. The molecular weight excluding hydrogens is 176 g/mol. The highest BCUT2D eigenvalue weighted by Crippen LogP contribution is 2.34. The fourth-order valence-electron chi connectivity index (χ4n) is 1.73. The first-order valence-corrected chi connectivity index (χ1v) is 4.53. The minimum Gasteiger partial charge on any atom is -0.512 e. The van der Waals surface area contributed by atoms with E-state index in [-0.39, 0.29) is 11.7 Å². The summed E-state index contributed by atoms with van der Waals surface area (Å²) >= 11 is 0. The van der Waals surface area contributed by atoms with Crippen LogP contribution in [-0.4, -0.2) is 10.2 Å². The highest BCUT2D eigenvalue weighted by Gasteiger charge is 2.25. The second kappa shape index (κ2) is 3.31. The molecule has 2 nitrogen and oxygen atoms in total. The van der Waals surface area contributed by atoms with E-state index in [0.29, 0.717) is 0 Å². The van der Waals surface area contributed by atoms with Crippen molar-refractivity contribution in [2.75, 3.05) is 0 Å². The number of fused-ring (bicyclic) bond motifs is 1. The average molecular weight is 188 g/mol. The van der Waals surface area contributed by atoms with Crippen molar-refractivity contribution in [3.63, 3.8) is 0 Å². The lowest BCUT2D eigenvalue weighted by Gasteiger charge is -2.24. The van der Waals surface area contributed by atoms with Crippen molar-refractivity contribution in [3.8, 4) is 0 Å². The molecule has 0 saturated carbocycles. The summed E-state index contributed by atoms with van der Waals surface area (Å²) < 4.78 is 0. The van der Waals surface area contributed by atoms with Crippen LogP contribution in [0.3, 0.4) is 0 Å². The lowest BCUT2D eigenvalue weighted by Crippen LogP contribution is -2.16. The predicted molar refractivity (Wildman–Crippen MR) is 55.7 cm³/mol. The lowest BCUT2D eigenvalue weighted by molar-refractivity contribution is 0.123. The summed E-state index contributed by atoms with van der Waals surface area (Å²) in [5.74, 6) is -0.381. The molecule has 0 amide bonds. The van der Waals surface area contributed by atoms with Gasteiger partial charge in [0.25, 0.3) is 0 Å². The van der Waals surface area contributed by atoms with E-state index in [0.717, 1.165) is 11.1 Å². The van der Waals surface area contributed by atoms with Gasteiger partial charge in [0.15, 0.2) is 0 Å². The van der Waals surface area contributed by atoms with Crippen molar-refractivity contribution in [1.29, 1.82) is 0 Å². The van der Waals surface area contributed by atoms with Gasteiger partial charge in [0.1, 0.15) is 0 Å². The van der Waals surface area contributed by atoms with Gasteiger partial charge in [-0.1, -0.05) is 43.0 Å². The second-order valence-corrected chi connectivity index (χ2v) is 3.45. The van der Waals surface area contributed by atoms with Crippen LogP contribution in [0.25, 0.3) is 6.08 Å². The van der Waals surface area contributed by atoms with Crippen molar-refractivity contribution in [2.24, 2.45) is 5.92 Å². The molecule has 1 aliphatic carbocycles. The molecule has 0 aromatic heterocycles. The molecule has 0 aliphatic heterocycles. The van der Waals surface area contributed by atoms with E-state index in [1.807, 2.05) is 30.3 Å². The van der Waals surface area contributed by atoms with Gasteiger partial charge in [0.2, 0.25) is 0 Å². The van der Waals surface area contributed by atoms with Gasteiger partial charge in [0, 0.05) is 0 Å². The van der Waals surface area contributed by atoms with Gasteiger partial charge in [-0.3, -0.25) is 0 Å². The van der Waals surface area contributed by atoms with Crippen LogP contribution in [0.1, 0.15) is 17.2 Å². The normalized spacial score (nSPS) is 24.4. The third kappa shape index (κ3) is 1.34. The van der Waals surface area contributed by atoms with E-state index in [1.54, 1.807) is 6.08 Å². The first-order chi connectivity index (χ1) is 6.70. The minimum atomic E-state index is -0.686. The van der Waals surface area contributed by atoms with Crippen molar-refractivity contribution < 1.29 is 10.2 Å². The number of hydrogen-bond acceptors (Lipinski definition) is 2. The van der Waals surface area contributed by atoms with Crippen LogP contribution in [0.4, 0.5) is 0 Å². The van der Waals surface area contributed by atoms with Crippen molar-refractivity contribution in [3.05, 3.63) is 53.8 Å². The Morgan fingerprint density at radius 1 is 1.29 bits per heavy atom. The topological polar surface area (TPSA) is 40.5 Å². The van der Waals surface area contributed by atoms with Crippen LogP contribution < -0.4 is 0 Å². The molecule has 0 radical (unpaired) electrons. The number of aliphatic hydroxyl groups excluding tert-OH is 2. The van der Waals surface area contributed by atoms with Crippen LogP contribution >= 0.6 is 0 Å². The Hall–Kier alpha value is -1.54. The van der Waals surface area contributed by atoms with E-state index in [1.165, 1.54) is 0 Å². The molecule has 0 fully saturated rings. The molecule has 0 saturated heterocycles. The van der Waals surface area contributed by atoms with Crippen LogP contribution in [0, 0.1) is 5.92 Å². The Morgan fingerprint density at radius 2 is 2.00 bits per heavy atom. The summed E-state index contributed by atoms with van der Waals surface area (Å²) in [6.45, 7) is 3.45. The van der Waals surface area contributed by atoms with Crippen LogP contribution in [0.5, 0.6) is 0 Å². The first-order valence-electron chi connectivity index (χ1n) is 4.53. The zero-order valence-electron chi connectivity index (χ0n) is 7.72. The van der Waals surface area contributed by atoms with Crippen molar-refractivity contribution in [2.45, 2.75) is 6.10 Å². The predicted octanol–water partition coefficient (Wildman–Crippen LogP) is 2.43. The third-order valence-electron chi connectivity index (χ3n) is 2.52. The molecule has 14 heavy (non-hydrogen) atoms. The molecule has 2 atom stereocenters. The lowest BCUT2D eigenvalue weighted by atomic mass is 9.86. The molecule has 2 N–H and O–H groups in total. The molecule has 0 bridgehead atoms. The SMILES string of the molecule is C=C(O)C1C=Cc2ccccc2C1O. The minimum absolute atomic E-state index is 0.00301. The number of aliphatic hydroxyl groups is 2. The fourth-order valence-corrected chi connectivity index (χ4v) is 1.73. The third-order valence-corrected chi connectivity index (χ3v) is 2.52. The highest BCUT2D eigenvalue weighted by molar-refractivity contribution is 5.58. The largest absolute Gasteiger partial charge is 0.512 e. The van der Waals surface area contributed by atoms with Gasteiger partial charge >= 0.3 is 0 Å². The first kappa shape index (κ1) is 9.03. The van der Waals surface area contributed by atoms with Crippen molar-refractivity contribution >= 4 is 6.08 Å². The summed E-state index contributed by atoms with van der Waals surface area (Å²) in [7, 11) is 0. The van der Waals surface area contributed by atoms with E-state index in [4.69, 9.17) is 0 Å². The summed E-state index contributed by atoms with van der Waals surface area (Å²) in [5.41, 5.74) is 1.84. The molecule has 2 unspecified atom stereocenters. The smallest absolute Gasteiger partial charge is 0.0949 e. The molecule has 1 aliphatic rings. The summed E-state index contributed by atoms with van der Waals surface area (Å²) in [5, 5.41) is 19.2. The molecular formula is C12H12O2. The zero-order valence-corrected chi connectivity index (χ0v) is 7.72. The maximum absolute atomic E-state index is 9.92. The van der Waals surface area contributed by atoms with Gasteiger partial charge in [-0.15, -0.1) is 0 Å². The van der Waals surface area contributed by atoms with E-state index in [9.17, 15) is 10.2 Å². The molecule has 2 rings (SSSR count). The standard InChI is InChI=1S/C12H12O2/c1-8(13)10-7-6-9-4-2-3-5-11(9)12(10)14/h2-7,10,12-14H,1H2. The monoisotopic (exact) mass is 188 g/mol. The van der Waals surface area contributed by atoms with Gasteiger partial charge in [-0.2, -0.15) is 0 Å². The number of benzene rings is 1. The Balaban J connectivity index is 2.44. The Morgan fingerprint density at radius 3 is 2.71 bits per heavy atom. The summed E-state index contributed by atoms with van der Waals surface area (Å²) in [6, 6.07) is 7.59. The molecule has 2 heteroatoms. The Kier molecular flexibility index (Phi) is 2.14. The maximum Gasteiger partial charge on any atom is 0.0949 e. The summed E-state index contributed by atoms with van der Waals surface area (Å²) in [4.78, 5) is 0. The molecule has 1 aromatic rings. The zero-order chi connectivity index (χ0) is 10.1. The van der Waals surface area contributed by atoms with Crippen LogP contribution in [0.15, 0.2) is 42.7 Å². The van der Waals surface area contributed by atoms with E-state index >= 15 is 0 Å². The van der Waals surface area contributed by atoms with Crippen LogP contribution in [-0.2, 0) is 0 Å². The Labute approximate surface area is 82.8 Å². The highest BCUT2D eigenvalue weighted by atomic mass is 16.3. The number of rotatable bonds is 1. The second-order valence-electron chi connectivity index (χ2n) is 3.45. The summed E-state index contributed by atoms with van der Waals surface area (Å²) in [6.07, 6.45) is 2.98. The Bertz CT molecular complexity index is 393. The number of hydrogen-bond donors (Lipinski definition) is 2. The quantitative estimate of drug-likeness (QED) is 0.664. The maximum atomic E-state index is 9.92. The van der Waals surface area contributed by atoms with Gasteiger partial charge < -0.3 is 10.2 Å². The van der Waals surface area contributed by atoms with Crippen molar-refractivity contribution in [1.82, 2.24) is 0 Å². The van der Waals surface area contributed by atoms with E-state index in [2.05, 4.69) is 6.58 Å². The molecule has 1 aromatic carbocycles. The van der Waals surface area contributed by atoms with Gasteiger partial charge in [0.05, 0.1) is 17.8 Å². The van der Waals surface area contributed by atoms with E-state index < -0.39 is 6.10 Å². The average Bonchev–Trinajstić information content (AvgIpc) is 2.18. The molecule has 0 heterocycles. The molecule has 0 spiro atoms. The van der Waals surface area contributed by atoms with Gasteiger partial charge in [-0.25, -0.2) is 0 Å².